The number of rotatable bonds is 4. The van der Waals surface area contributed by atoms with Crippen LogP contribution in [0.1, 0.15) is 31.8 Å². The molecule has 0 amide bonds. The molecule has 2 N–H and O–H groups in total. The lowest BCUT2D eigenvalue weighted by atomic mass is 9.93. The Balaban J connectivity index is 2.78. The molecule has 1 aromatic heterocycles. The van der Waals surface area contributed by atoms with Gasteiger partial charge in [0, 0.05) is 17.3 Å². The van der Waals surface area contributed by atoms with Crippen LogP contribution in [0.4, 0.5) is 0 Å². The maximum Gasteiger partial charge on any atom is 0.338 e. The predicted molar refractivity (Wildman–Crippen MR) is 78.6 cm³/mol. The van der Waals surface area contributed by atoms with Crippen molar-refractivity contribution in [1.29, 1.82) is 0 Å². The summed E-state index contributed by atoms with van der Waals surface area (Å²) in [6, 6.07) is 6.24. The summed E-state index contributed by atoms with van der Waals surface area (Å²) in [5.41, 5.74) is 1.75. The van der Waals surface area contributed by atoms with Crippen LogP contribution < -0.4 is 0 Å². The average Bonchev–Trinajstić information content (AvgIpc) is 2.53. The molecular weight excluding hydrogens is 286 g/mol. The van der Waals surface area contributed by atoms with E-state index in [4.69, 9.17) is 4.74 Å². The van der Waals surface area contributed by atoms with Crippen molar-refractivity contribution in [3.8, 4) is 11.3 Å². The van der Waals surface area contributed by atoms with Crippen LogP contribution in [0.5, 0.6) is 0 Å². The lowest BCUT2D eigenvalue weighted by Gasteiger charge is -2.15. The van der Waals surface area contributed by atoms with Gasteiger partial charge < -0.3 is 14.9 Å². The van der Waals surface area contributed by atoms with Crippen molar-refractivity contribution in [2.75, 3.05) is 7.11 Å². The Morgan fingerprint density at radius 1 is 1.27 bits per heavy atom. The zero-order chi connectivity index (χ0) is 16.3. The van der Waals surface area contributed by atoms with Gasteiger partial charge in [-0.1, -0.05) is 12.1 Å². The number of carboxylic acid groups (broad SMARTS) is 1. The molecule has 0 aliphatic rings. The molecule has 1 aromatic carbocycles. The minimum absolute atomic E-state index is 0.00290. The van der Waals surface area contributed by atoms with Gasteiger partial charge in [-0.15, -0.1) is 0 Å². The first-order chi connectivity index (χ1) is 10.5. The molecule has 0 spiro atoms. The third kappa shape index (κ3) is 2.68. The van der Waals surface area contributed by atoms with E-state index < -0.39 is 18.5 Å². The largest absolute Gasteiger partial charge is 0.478 e. The highest BCUT2D eigenvalue weighted by Crippen LogP contribution is 2.30. The first kappa shape index (κ1) is 15.7. The monoisotopic (exact) mass is 301 g/mol. The van der Waals surface area contributed by atoms with Crippen LogP contribution in [0.25, 0.3) is 11.3 Å². The number of pyridine rings is 1. The molecule has 0 atom stereocenters. The molecule has 2 rings (SSSR count). The van der Waals surface area contributed by atoms with Crippen LogP contribution in [-0.2, 0) is 11.3 Å². The number of aliphatic hydroxyl groups is 1. The molecule has 6 heteroatoms. The number of esters is 1. The number of ether oxygens (including phenoxy) is 1. The molecule has 114 valence electrons. The Hall–Kier alpha value is -2.73. The smallest absolute Gasteiger partial charge is 0.338 e. The molecule has 22 heavy (non-hydrogen) atoms. The predicted octanol–water partition coefficient (Wildman–Crippen LogP) is 2.03. The Kier molecular flexibility index (Phi) is 4.53. The van der Waals surface area contributed by atoms with Gasteiger partial charge in [-0.05, 0) is 24.6 Å². The number of aryl methyl sites for hydroxylation is 1. The molecule has 6 nitrogen and oxygen atoms in total. The van der Waals surface area contributed by atoms with Gasteiger partial charge in [0.2, 0.25) is 0 Å². The molecule has 0 radical (unpaired) electrons. The molecule has 0 fully saturated rings. The number of hydrogen-bond donors (Lipinski definition) is 2. The molecule has 0 unspecified atom stereocenters. The topological polar surface area (TPSA) is 96.7 Å². The minimum Gasteiger partial charge on any atom is -0.478 e. The van der Waals surface area contributed by atoms with Crippen LogP contribution in [0.3, 0.4) is 0 Å². The van der Waals surface area contributed by atoms with Crippen molar-refractivity contribution >= 4 is 11.9 Å². The van der Waals surface area contributed by atoms with Crippen molar-refractivity contribution in [2.45, 2.75) is 13.5 Å². The van der Waals surface area contributed by atoms with Crippen LogP contribution in [-0.4, -0.2) is 34.2 Å². The van der Waals surface area contributed by atoms with E-state index in [-0.39, 0.29) is 16.8 Å². The zero-order valence-electron chi connectivity index (χ0n) is 12.2. The fourth-order valence-corrected chi connectivity index (χ4v) is 2.33. The summed E-state index contributed by atoms with van der Waals surface area (Å²) < 4.78 is 4.74. The van der Waals surface area contributed by atoms with E-state index in [1.54, 1.807) is 19.1 Å². The van der Waals surface area contributed by atoms with Gasteiger partial charge in [0.25, 0.3) is 0 Å². The van der Waals surface area contributed by atoms with Crippen molar-refractivity contribution in [1.82, 2.24) is 4.98 Å². The van der Waals surface area contributed by atoms with E-state index in [1.165, 1.54) is 25.4 Å². The molecule has 0 aliphatic carbocycles. The third-order valence-corrected chi connectivity index (χ3v) is 3.36. The summed E-state index contributed by atoms with van der Waals surface area (Å²) in [7, 11) is 1.25. The van der Waals surface area contributed by atoms with Crippen LogP contribution >= 0.6 is 0 Å². The van der Waals surface area contributed by atoms with E-state index in [0.29, 0.717) is 16.7 Å². The first-order valence-electron chi connectivity index (χ1n) is 6.51. The van der Waals surface area contributed by atoms with Gasteiger partial charge in [0.05, 0.1) is 30.5 Å². The third-order valence-electron chi connectivity index (χ3n) is 3.36. The summed E-state index contributed by atoms with van der Waals surface area (Å²) in [4.78, 5) is 27.4. The highest BCUT2D eigenvalue weighted by Gasteiger charge is 2.22. The summed E-state index contributed by atoms with van der Waals surface area (Å²) in [5.74, 6) is -1.72. The lowest BCUT2D eigenvalue weighted by molar-refractivity contribution is 0.0595. The van der Waals surface area contributed by atoms with Crippen LogP contribution in [0, 0.1) is 6.92 Å². The molecule has 0 bridgehead atoms. The molecule has 0 saturated carbocycles. The zero-order valence-corrected chi connectivity index (χ0v) is 12.2. The van der Waals surface area contributed by atoms with E-state index in [9.17, 15) is 19.8 Å². The lowest BCUT2D eigenvalue weighted by Crippen LogP contribution is -2.11. The minimum atomic E-state index is -1.13. The fourth-order valence-electron chi connectivity index (χ4n) is 2.33. The van der Waals surface area contributed by atoms with Gasteiger partial charge in [-0.25, -0.2) is 9.59 Å². The summed E-state index contributed by atoms with van der Waals surface area (Å²) in [5, 5.41) is 19.0. The molecule has 1 heterocycles. The van der Waals surface area contributed by atoms with Gasteiger partial charge in [-0.2, -0.15) is 0 Å². The molecular formula is C16H15NO5. The Morgan fingerprint density at radius 2 is 2.00 bits per heavy atom. The van der Waals surface area contributed by atoms with Gasteiger partial charge in [0.1, 0.15) is 0 Å². The van der Waals surface area contributed by atoms with Crippen molar-refractivity contribution in [2.24, 2.45) is 0 Å². The molecule has 0 saturated heterocycles. The highest BCUT2D eigenvalue weighted by molar-refractivity contribution is 5.98. The highest BCUT2D eigenvalue weighted by atomic mass is 16.5. The fraction of sp³-hybridized carbons (Fsp3) is 0.188. The number of benzene rings is 1. The van der Waals surface area contributed by atoms with E-state index >= 15 is 0 Å². The van der Waals surface area contributed by atoms with E-state index in [1.807, 2.05) is 0 Å². The second-order valence-electron chi connectivity index (χ2n) is 4.64. The number of aliphatic hydroxyl groups excluding tert-OH is 1. The van der Waals surface area contributed by atoms with E-state index in [2.05, 4.69) is 4.98 Å². The molecule has 0 aliphatic heterocycles. The van der Waals surface area contributed by atoms with Crippen LogP contribution in [0.15, 0.2) is 30.5 Å². The number of hydrogen-bond acceptors (Lipinski definition) is 5. The van der Waals surface area contributed by atoms with Crippen LogP contribution in [0.2, 0.25) is 0 Å². The SMILES string of the molecule is COC(=O)c1c(C)ccc(-c2ncccc2C(=O)O)c1CO. The second kappa shape index (κ2) is 6.36. The Labute approximate surface area is 127 Å². The average molecular weight is 301 g/mol. The summed E-state index contributed by atoms with van der Waals surface area (Å²) in [6.07, 6.45) is 1.46. The number of aromatic carboxylic acids is 1. The molecule has 2 aromatic rings. The normalized spacial score (nSPS) is 10.3. The maximum absolute atomic E-state index is 11.9. The first-order valence-corrected chi connectivity index (χ1v) is 6.51. The number of carbonyl (C=O) groups excluding carboxylic acids is 1. The van der Waals surface area contributed by atoms with Crippen molar-refractivity contribution < 1.29 is 24.5 Å². The number of carboxylic acids is 1. The van der Waals surface area contributed by atoms with Crippen molar-refractivity contribution in [3.63, 3.8) is 0 Å². The second-order valence-corrected chi connectivity index (χ2v) is 4.64. The Morgan fingerprint density at radius 3 is 2.59 bits per heavy atom. The van der Waals surface area contributed by atoms with Gasteiger partial charge in [-0.3, -0.25) is 4.98 Å². The maximum atomic E-state index is 11.9. The number of methoxy groups -OCH3 is 1. The van der Waals surface area contributed by atoms with E-state index in [0.717, 1.165) is 0 Å². The van der Waals surface area contributed by atoms with Crippen molar-refractivity contribution in [3.05, 3.63) is 52.7 Å². The Bertz CT molecular complexity index is 739. The number of carbonyl (C=O) groups is 2. The summed E-state index contributed by atoms with van der Waals surface area (Å²) >= 11 is 0. The number of aromatic nitrogens is 1. The van der Waals surface area contributed by atoms with Gasteiger partial charge in [0.15, 0.2) is 0 Å². The van der Waals surface area contributed by atoms with Gasteiger partial charge >= 0.3 is 11.9 Å². The standard InChI is InChI=1S/C16H15NO5/c1-9-5-6-10(12(8-18)13(9)16(21)22-2)14-11(15(19)20)4-3-7-17-14/h3-7,18H,8H2,1-2H3,(H,19,20). The quantitative estimate of drug-likeness (QED) is 0.839. The summed E-state index contributed by atoms with van der Waals surface area (Å²) in [6.45, 7) is 1.28. The number of nitrogens with zero attached hydrogens (tertiary/aromatic N) is 1.